The van der Waals surface area contributed by atoms with Crippen LogP contribution in [0.1, 0.15) is 33.1 Å². The summed E-state index contributed by atoms with van der Waals surface area (Å²) >= 11 is 0. The van der Waals surface area contributed by atoms with Crippen LogP contribution < -0.4 is 0 Å². The highest BCUT2D eigenvalue weighted by Crippen LogP contribution is 2.22. The van der Waals surface area contributed by atoms with Gasteiger partial charge in [0.15, 0.2) is 0 Å². The van der Waals surface area contributed by atoms with Crippen molar-refractivity contribution in [3.63, 3.8) is 0 Å². The molecule has 0 aliphatic carbocycles. The van der Waals surface area contributed by atoms with Gasteiger partial charge in [-0.1, -0.05) is 0 Å². The molecule has 0 aromatic carbocycles. The van der Waals surface area contributed by atoms with Gasteiger partial charge in [0.25, 0.3) is 0 Å². The Bertz CT molecular complexity index is 212. The highest BCUT2D eigenvalue weighted by atomic mass is 16.5. The van der Waals surface area contributed by atoms with E-state index in [1.54, 1.807) is 0 Å². The fraction of sp³-hybridized carbons (Fsp3) is 1.00. The van der Waals surface area contributed by atoms with Gasteiger partial charge in [-0.2, -0.15) is 0 Å². The Morgan fingerprint density at radius 3 is 2.25 bits per heavy atom. The van der Waals surface area contributed by atoms with E-state index in [0.717, 1.165) is 6.04 Å². The molecule has 2 heterocycles. The molecule has 0 N–H and O–H groups in total. The summed E-state index contributed by atoms with van der Waals surface area (Å²) in [6.45, 7) is 9.63. The molecule has 2 saturated heterocycles. The number of likely N-dealkylation sites (tertiary alicyclic amines) is 2. The standard InChI is InChI=1S/C13H26N2O/c1-11(2)15-7-4-12(10-15)14-8-5-13(16-3)6-9-14/h11-13H,4-10H2,1-3H3/t12-/m0/s1. The second-order valence-electron chi connectivity index (χ2n) is 5.50. The van der Waals surface area contributed by atoms with Gasteiger partial charge in [0, 0.05) is 45.4 Å². The molecule has 0 saturated carbocycles. The van der Waals surface area contributed by atoms with E-state index in [9.17, 15) is 0 Å². The maximum absolute atomic E-state index is 5.42. The lowest BCUT2D eigenvalue weighted by Crippen LogP contribution is -2.44. The van der Waals surface area contributed by atoms with Crippen LogP contribution in [0.2, 0.25) is 0 Å². The first kappa shape index (κ1) is 12.3. The lowest BCUT2D eigenvalue weighted by molar-refractivity contribution is 0.0280. The summed E-state index contributed by atoms with van der Waals surface area (Å²) in [6, 6.07) is 1.52. The quantitative estimate of drug-likeness (QED) is 0.726. The van der Waals surface area contributed by atoms with Gasteiger partial charge in [0.05, 0.1) is 6.10 Å². The van der Waals surface area contributed by atoms with Crippen LogP contribution in [0.15, 0.2) is 0 Å². The van der Waals surface area contributed by atoms with Crippen molar-refractivity contribution >= 4 is 0 Å². The van der Waals surface area contributed by atoms with Crippen molar-refractivity contribution < 1.29 is 4.74 Å². The predicted molar refractivity (Wildman–Crippen MR) is 66.7 cm³/mol. The average molecular weight is 226 g/mol. The Morgan fingerprint density at radius 2 is 1.75 bits per heavy atom. The van der Waals surface area contributed by atoms with E-state index in [-0.39, 0.29) is 0 Å². The first-order chi connectivity index (χ1) is 7.70. The van der Waals surface area contributed by atoms with Crippen LogP contribution in [0.5, 0.6) is 0 Å². The minimum absolute atomic E-state index is 0.513. The topological polar surface area (TPSA) is 15.7 Å². The highest BCUT2D eigenvalue weighted by Gasteiger charge is 2.31. The smallest absolute Gasteiger partial charge is 0.0595 e. The number of rotatable bonds is 3. The summed E-state index contributed by atoms with van der Waals surface area (Å²) < 4.78 is 5.42. The van der Waals surface area contributed by atoms with Gasteiger partial charge in [0.1, 0.15) is 0 Å². The summed E-state index contributed by atoms with van der Waals surface area (Å²) in [5.74, 6) is 0. The fourth-order valence-electron chi connectivity index (χ4n) is 3.01. The molecular formula is C13H26N2O. The number of methoxy groups -OCH3 is 1. The van der Waals surface area contributed by atoms with Gasteiger partial charge in [-0.25, -0.2) is 0 Å². The molecule has 0 unspecified atom stereocenters. The third kappa shape index (κ3) is 2.76. The molecule has 0 radical (unpaired) electrons. The molecule has 0 bridgehead atoms. The molecular weight excluding hydrogens is 200 g/mol. The van der Waals surface area contributed by atoms with Gasteiger partial charge in [-0.05, 0) is 33.1 Å². The summed E-state index contributed by atoms with van der Waals surface area (Å²) in [5.41, 5.74) is 0. The monoisotopic (exact) mass is 226 g/mol. The van der Waals surface area contributed by atoms with Crippen LogP contribution >= 0.6 is 0 Å². The second-order valence-corrected chi connectivity index (χ2v) is 5.50. The largest absolute Gasteiger partial charge is 0.381 e. The zero-order chi connectivity index (χ0) is 11.5. The molecule has 3 heteroatoms. The number of piperidine rings is 1. The second kappa shape index (κ2) is 5.48. The molecule has 2 aliphatic rings. The number of hydrogen-bond acceptors (Lipinski definition) is 3. The first-order valence-electron chi connectivity index (χ1n) is 6.71. The third-order valence-corrected chi connectivity index (χ3v) is 4.25. The Hall–Kier alpha value is -0.120. The third-order valence-electron chi connectivity index (χ3n) is 4.25. The molecule has 1 atom stereocenters. The fourth-order valence-corrected chi connectivity index (χ4v) is 3.01. The Labute approximate surface area is 99.7 Å². The van der Waals surface area contributed by atoms with Crippen LogP contribution in [0, 0.1) is 0 Å². The molecule has 3 nitrogen and oxygen atoms in total. The molecule has 94 valence electrons. The van der Waals surface area contributed by atoms with Crippen molar-refractivity contribution in [3.8, 4) is 0 Å². The minimum atomic E-state index is 0.513. The maximum atomic E-state index is 5.42. The van der Waals surface area contributed by atoms with Gasteiger partial charge in [-0.15, -0.1) is 0 Å². The zero-order valence-electron chi connectivity index (χ0n) is 11.0. The van der Waals surface area contributed by atoms with Crippen molar-refractivity contribution in [2.24, 2.45) is 0 Å². The van der Waals surface area contributed by atoms with Crippen LogP contribution in [-0.4, -0.2) is 61.3 Å². The van der Waals surface area contributed by atoms with E-state index in [1.165, 1.54) is 45.4 Å². The lowest BCUT2D eigenvalue weighted by Gasteiger charge is -2.35. The van der Waals surface area contributed by atoms with E-state index >= 15 is 0 Å². The Kier molecular flexibility index (Phi) is 4.22. The van der Waals surface area contributed by atoms with Gasteiger partial charge in [0.2, 0.25) is 0 Å². The molecule has 2 rings (SSSR count). The lowest BCUT2D eigenvalue weighted by atomic mass is 10.1. The molecule has 2 aliphatic heterocycles. The van der Waals surface area contributed by atoms with Crippen LogP contribution in [0.3, 0.4) is 0 Å². The van der Waals surface area contributed by atoms with Crippen LogP contribution in [0.4, 0.5) is 0 Å². The number of hydrogen-bond donors (Lipinski definition) is 0. The summed E-state index contributed by atoms with van der Waals surface area (Å²) in [6.07, 6.45) is 4.30. The van der Waals surface area contributed by atoms with Crippen molar-refractivity contribution in [3.05, 3.63) is 0 Å². The van der Waals surface area contributed by atoms with Crippen LogP contribution in [0.25, 0.3) is 0 Å². The highest BCUT2D eigenvalue weighted by molar-refractivity contribution is 4.87. The predicted octanol–water partition coefficient (Wildman–Crippen LogP) is 1.58. The summed E-state index contributed by atoms with van der Waals surface area (Å²) in [4.78, 5) is 5.28. The van der Waals surface area contributed by atoms with Crippen molar-refractivity contribution in [1.82, 2.24) is 9.80 Å². The SMILES string of the molecule is COC1CCN([C@H]2CCN(C(C)C)C2)CC1. The normalized spacial score (nSPS) is 30.4. The molecule has 0 aromatic heterocycles. The summed E-state index contributed by atoms with van der Waals surface area (Å²) in [7, 11) is 1.84. The van der Waals surface area contributed by atoms with Crippen molar-refractivity contribution in [1.29, 1.82) is 0 Å². The maximum Gasteiger partial charge on any atom is 0.0595 e. The zero-order valence-corrected chi connectivity index (χ0v) is 11.0. The number of ether oxygens (including phenoxy) is 1. The summed E-state index contributed by atoms with van der Waals surface area (Å²) in [5, 5.41) is 0. The van der Waals surface area contributed by atoms with Crippen molar-refractivity contribution in [2.75, 3.05) is 33.3 Å². The van der Waals surface area contributed by atoms with E-state index in [2.05, 4.69) is 23.6 Å². The van der Waals surface area contributed by atoms with Gasteiger partial charge >= 0.3 is 0 Å². The molecule has 16 heavy (non-hydrogen) atoms. The Morgan fingerprint density at radius 1 is 1.06 bits per heavy atom. The molecule has 2 fully saturated rings. The molecule has 0 amide bonds. The molecule has 0 spiro atoms. The number of nitrogens with zero attached hydrogens (tertiary/aromatic N) is 2. The Balaban J connectivity index is 1.78. The van der Waals surface area contributed by atoms with Crippen LogP contribution in [-0.2, 0) is 4.74 Å². The van der Waals surface area contributed by atoms with E-state index < -0.39 is 0 Å². The van der Waals surface area contributed by atoms with Gasteiger partial charge < -0.3 is 4.74 Å². The van der Waals surface area contributed by atoms with E-state index in [1.807, 2.05) is 7.11 Å². The van der Waals surface area contributed by atoms with E-state index in [4.69, 9.17) is 4.74 Å². The van der Waals surface area contributed by atoms with E-state index in [0.29, 0.717) is 12.1 Å². The average Bonchev–Trinajstić information content (AvgIpc) is 2.78. The minimum Gasteiger partial charge on any atom is -0.381 e. The van der Waals surface area contributed by atoms with Gasteiger partial charge in [-0.3, -0.25) is 9.80 Å². The first-order valence-corrected chi connectivity index (χ1v) is 6.71. The van der Waals surface area contributed by atoms with Crippen molar-refractivity contribution in [2.45, 2.75) is 51.3 Å². The molecule has 0 aromatic rings.